The molecule has 0 atom stereocenters. The van der Waals surface area contributed by atoms with Crippen LogP contribution < -0.4 is 5.32 Å². The van der Waals surface area contributed by atoms with E-state index in [0.29, 0.717) is 12.5 Å². The van der Waals surface area contributed by atoms with E-state index < -0.39 is 0 Å². The summed E-state index contributed by atoms with van der Waals surface area (Å²) in [5.74, 6) is 2.53. The molecule has 0 amide bonds. The predicted molar refractivity (Wildman–Crippen MR) is 72.7 cm³/mol. The van der Waals surface area contributed by atoms with Gasteiger partial charge in [-0.15, -0.1) is 0 Å². The van der Waals surface area contributed by atoms with E-state index in [1.807, 2.05) is 0 Å². The van der Waals surface area contributed by atoms with Gasteiger partial charge in [0.05, 0.1) is 18.9 Å². The van der Waals surface area contributed by atoms with Crippen molar-refractivity contribution in [1.82, 2.24) is 9.97 Å². The zero-order chi connectivity index (χ0) is 13.0. The van der Waals surface area contributed by atoms with E-state index in [1.165, 1.54) is 5.69 Å². The topological polar surface area (TPSA) is 47.0 Å². The van der Waals surface area contributed by atoms with E-state index in [1.54, 1.807) is 0 Å². The highest BCUT2D eigenvalue weighted by Crippen LogP contribution is 2.23. The van der Waals surface area contributed by atoms with Crippen molar-refractivity contribution < 1.29 is 4.74 Å². The van der Waals surface area contributed by atoms with E-state index in [4.69, 9.17) is 9.72 Å². The highest BCUT2D eigenvalue weighted by atomic mass is 16.5. The van der Waals surface area contributed by atoms with Crippen LogP contribution in [0.5, 0.6) is 0 Å². The molecule has 0 aliphatic carbocycles. The van der Waals surface area contributed by atoms with Gasteiger partial charge in [-0.05, 0) is 12.3 Å². The van der Waals surface area contributed by atoms with Gasteiger partial charge in [0.15, 0.2) is 0 Å². The Balaban J connectivity index is 2.28. The Morgan fingerprint density at radius 1 is 1.33 bits per heavy atom. The fourth-order valence-corrected chi connectivity index (χ4v) is 2.13. The zero-order valence-electron chi connectivity index (χ0n) is 11.6. The predicted octanol–water partition coefficient (Wildman–Crippen LogP) is 2.57. The normalized spacial score (nSPS) is 14.7. The Labute approximate surface area is 109 Å². The summed E-state index contributed by atoms with van der Waals surface area (Å²) in [6, 6.07) is 0. The van der Waals surface area contributed by atoms with Gasteiger partial charge < -0.3 is 10.1 Å². The number of anilines is 1. The van der Waals surface area contributed by atoms with Gasteiger partial charge in [-0.25, -0.2) is 9.97 Å². The molecule has 1 aromatic rings. The Kier molecular flexibility index (Phi) is 4.53. The van der Waals surface area contributed by atoms with E-state index >= 15 is 0 Å². The summed E-state index contributed by atoms with van der Waals surface area (Å²) in [6.07, 6.45) is 2.94. The Morgan fingerprint density at radius 2 is 2.17 bits per heavy atom. The Hall–Kier alpha value is -1.16. The van der Waals surface area contributed by atoms with E-state index in [0.717, 1.165) is 49.6 Å². The molecule has 2 heterocycles. The molecule has 0 bridgehead atoms. The van der Waals surface area contributed by atoms with Crippen LogP contribution in [0.2, 0.25) is 0 Å². The first-order chi connectivity index (χ1) is 8.70. The van der Waals surface area contributed by atoms with E-state index in [-0.39, 0.29) is 0 Å². The van der Waals surface area contributed by atoms with Crippen LogP contribution in [0, 0.1) is 5.92 Å². The average molecular weight is 249 g/mol. The molecule has 4 heteroatoms. The molecule has 0 spiro atoms. The zero-order valence-corrected chi connectivity index (χ0v) is 11.6. The second-order valence-corrected chi connectivity index (χ2v) is 5.24. The molecule has 0 saturated carbocycles. The van der Waals surface area contributed by atoms with Crippen molar-refractivity contribution in [2.24, 2.45) is 5.92 Å². The van der Waals surface area contributed by atoms with Crippen molar-refractivity contribution in [2.45, 2.75) is 46.6 Å². The third-order valence-corrected chi connectivity index (χ3v) is 3.00. The monoisotopic (exact) mass is 249 g/mol. The highest BCUT2D eigenvalue weighted by Gasteiger charge is 2.18. The van der Waals surface area contributed by atoms with Crippen molar-refractivity contribution in [1.29, 1.82) is 0 Å². The summed E-state index contributed by atoms with van der Waals surface area (Å²) < 4.78 is 5.52. The standard InChI is InChI=1S/C14H23N3O/c1-4-6-15-14-11-9-18-7-5-12(11)16-13(17-14)8-10(2)3/h10H,4-9H2,1-3H3,(H,15,16,17). The number of nitrogens with one attached hydrogen (secondary N) is 1. The van der Waals surface area contributed by atoms with Crippen LogP contribution in [-0.2, 0) is 24.2 Å². The molecule has 100 valence electrons. The molecule has 1 aliphatic heterocycles. The van der Waals surface area contributed by atoms with Crippen LogP contribution in [0.15, 0.2) is 0 Å². The SMILES string of the molecule is CCCNc1nc(CC(C)C)nc2c1COCC2. The lowest BCUT2D eigenvalue weighted by Gasteiger charge is -2.20. The van der Waals surface area contributed by atoms with E-state index in [9.17, 15) is 0 Å². The summed E-state index contributed by atoms with van der Waals surface area (Å²) >= 11 is 0. The second kappa shape index (κ2) is 6.14. The van der Waals surface area contributed by atoms with Crippen LogP contribution in [0.1, 0.15) is 44.3 Å². The fraction of sp³-hybridized carbons (Fsp3) is 0.714. The maximum Gasteiger partial charge on any atom is 0.135 e. The van der Waals surface area contributed by atoms with Gasteiger partial charge >= 0.3 is 0 Å². The summed E-state index contributed by atoms with van der Waals surface area (Å²) in [5.41, 5.74) is 2.33. The third-order valence-electron chi connectivity index (χ3n) is 3.00. The third kappa shape index (κ3) is 3.19. The number of hydrogen-bond acceptors (Lipinski definition) is 4. The lowest BCUT2D eigenvalue weighted by molar-refractivity contribution is 0.109. The summed E-state index contributed by atoms with van der Waals surface area (Å²) in [4.78, 5) is 9.35. The average Bonchev–Trinajstić information content (AvgIpc) is 2.35. The van der Waals surface area contributed by atoms with Gasteiger partial charge in [0.25, 0.3) is 0 Å². The van der Waals surface area contributed by atoms with Gasteiger partial charge in [-0.2, -0.15) is 0 Å². The molecule has 4 nitrogen and oxygen atoms in total. The Morgan fingerprint density at radius 3 is 2.89 bits per heavy atom. The first-order valence-electron chi connectivity index (χ1n) is 6.91. The van der Waals surface area contributed by atoms with Crippen molar-refractivity contribution >= 4 is 5.82 Å². The molecule has 0 unspecified atom stereocenters. The molecule has 2 rings (SSSR count). The molecule has 0 aromatic carbocycles. The number of fused-ring (bicyclic) bond motifs is 1. The van der Waals surface area contributed by atoms with Crippen molar-refractivity contribution in [2.75, 3.05) is 18.5 Å². The van der Waals surface area contributed by atoms with Gasteiger partial charge in [-0.3, -0.25) is 0 Å². The number of nitrogens with zero attached hydrogens (tertiary/aromatic N) is 2. The largest absolute Gasteiger partial charge is 0.376 e. The number of hydrogen-bond donors (Lipinski definition) is 1. The van der Waals surface area contributed by atoms with Crippen molar-refractivity contribution in [3.63, 3.8) is 0 Å². The van der Waals surface area contributed by atoms with Crippen LogP contribution >= 0.6 is 0 Å². The molecule has 1 aromatic heterocycles. The fourth-order valence-electron chi connectivity index (χ4n) is 2.13. The molecule has 18 heavy (non-hydrogen) atoms. The number of rotatable bonds is 5. The van der Waals surface area contributed by atoms with Crippen molar-refractivity contribution in [3.8, 4) is 0 Å². The first-order valence-corrected chi connectivity index (χ1v) is 6.91. The van der Waals surface area contributed by atoms with Gasteiger partial charge in [0.2, 0.25) is 0 Å². The van der Waals surface area contributed by atoms with Crippen LogP contribution in [0.4, 0.5) is 5.82 Å². The minimum Gasteiger partial charge on any atom is -0.376 e. The van der Waals surface area contributed by atoms with Gasteiger partial charge in [0, 0.05) is 24.9 Å². The molecule has 0 saturated heterocycles. The lowest BCUT2D eigenvalue weighted by Crippen LogP contribution is -2.19. The first kappa shape index (κ1) is 13.3. The smallest absolute Gasteiger partial charge is 0.135 e. The molecular weight excluding hydrogens is 226 g/mol. The summed E-state index contributed by atoms with van der Waals surface area (Å²) in [7, 11) is 0. The number of ether oxygens (including phenoxy) is 1. The molecule has 1 N–H and O–H groups in total. The molecular formula is C14H23N3O. The van der Waals surface area contributed by atoms with Crippen LogP contribution in [0.3, 0.4) is 0 Å². The summed E-state index contributed by atoms with van der Waals surface area (Å²) in [6.45, 7) is 8.93. The maximum atomic E-state index is 5.52. The molecule has 1 aliphatic rings. The molecule has 0 radical (unpaired) electrons. The highest BCUT2D eigenvalue weighted by molar-refractivity contribution is 5.47. The second-order valence-electron chi connectivity index (χ2n) is 5.24. The molecule has 0 fully saturated rings. The minimum atomic E-state index is 0.585. The lowest BCUT2D eigenvalue weighted by atomic mass is 10.1. The van der Waals surface area contributed by atoms with Crippen molar-refractivity contribution in [3.05, 3.63) is 17.1 Å². The van der Waals surface area contributed by atoms with Gasteiger partial charge in [0.1, 0.15) is 11.6 Å². The van der Waals surface area contributed by atoms with Crippen LogP contribution in [0.25, 0.3) is 0 Å². The Bertz CT molecular complexity index is 404. The number of aromatic nitrogens is 2. The summed E-state index contributed by atoms with van der Waals surface area (Å²) in [5, 5.41) is 3.40. The minimum absolute atomic E-state index is 0.585. The van der Waals surface area contributed by atoms with Gasteiger partial charge in [-0.1, -0.05) is 20.8 Å². The maximum absolute atomic E-state index is 5.52. The van der Waals surface area contributed by atoms with E-state index in [2.05, 4.69) is 31.1 Å². The van der Waals surface area contributed by atoms with Crippen LogP contribution in [-0.4, -0.2) is 23.1 Å². The quantitative estimate of drug-likeness (QED) is 0.871.